The molecular weight excluding hydrogens is 270 g/mol. The predicted octanol–water partition coefficient (Wildman–Crippen LogP) is 4.22. The van der Waals surface area contributed by atoms with Crippen molar-refractivity contribution >= 4 is 22.4 Å². The molecule has 1 aliphatic carbocycles. The van der Waals surface area contributed by atoms with Crippen molar-refractivity contribution in [3.63, 3.8) is 0 Å². The monoisotopic (exact) mass is 281 g/mol. The molecule has 2 aromatic heterocycles. The van der Waals surface area contributed by atoms with E-state index < -0.39 is 0 Å². The maximum atomic E-state index is 6.16. The summed E-state index contributed by atoms with van der Waals surface area (Å²) in [5.41, 5.74) is 1.94. The van der Waals surface area contributed by atoms with Crippen LogP contribution in [0.15, 0.2) is 42.7 Å². The van der Waals surface area contributed by atoms with Crippen molar-refractivity contribution in [2.75, 3.05) is 0 Å². The SMILES string of the molecule is Clc1cc(-c2cccc3ccncc23)nc(C2CC2)n1. The summed E-state index contributed by atoms with van der Waals surface area (Å²) in [6.45, 7) is 0. The Hall–Kier alpha value is -2.00. The zero-order valence-corrected chi connectivity index (χ0v) is 11.5. The minimum atomic E-state index is 0.487. The summed E-state index contributed by atoms with van der Waals surface area (Å²) in [4.78, 5) is 13.2. The fourth-order valence-electron chi connectivity index (χ4n) is 2.43. The standard InChI is InChI=1S/C16H12ClN3/c17-15-8-14(19-16(20-15)11-4-5-11)12-3-1-2-10-6-7-18-9-13(10)12/h1-3,6-9,11H,4-5H2. The molecular formula is C16H12ClN3. The molecule has 1 saturated carbocycles. The number of pyridine rings is 1. The van der Waals surface area contributed by atoms with Gasteiger partial charge in [-0.1, -0.05) is 29.8 Å². The van der Waals surface area contributed by atoms with Crippen LogP contribution in [0.1, 0.15) is 24.6 Å². The number of hydrogen-bond donors (Lipinski definition) is 0. The smallest absolute Gasteiger partial charge is 0.133 e. The van der Waals surface area contributed by atoms with Crippen LogP contribution in [0.2, 0.25) is 5.15 Å². The van der Waals surface area contributed by atoms with Crippen LogP contribution in [0.25, 0.3) is 22.0 Å². The van der Waals surface area contributed by atoms with Gasteiger partial charge in [-0.05, 0) is 24.3 Å². The fourth-order valence-corrected chi connectivity index (χ4v) is 2.62. The third kappa shape index (κ3) is 2.04. The van der Waals surface area contributed by atoms with Gasteiger partial charge in [0.2, 0.25) is 0 Å². The van der Waals surface area contributed by atoms with E-state index in [0.29, 0.717) is 11.1 Å². The first-order valence-corrected chi connectivity index (χ1v) is 7.06. The van der Waals surface area contributed by atoms with Gasteiger partial charge < -0.3 is 0 Å². The summed E-state index contributed by atoms with van der Waals surface area (Å²) in [6.07, 6.45) is 6.00. The molecule has 0 amide bonds. The van der Waals surface area contributed by atoms with E-state index in [9.17, 15) is 0 Å². The Morgan fingerprint density at radius 2 is 2.00 bits per heavy atom. The van der Waals surface area contributed by atoms with E-state index in [0.717, 1.165) is 40.7 Å². The second kappa shape index (κ2) is 4.53. The van der Waals surface area contributed by atoms with Crippen molar-refractivity contribution in [1.29, 1.82) is 0 Å². The van der Waals surface area contributed by atoms with Gasteiger partial charge in [0, 0.05) is 35.3 Å². The van der Waals surface area contributed by atoms with E-state index in [1.807, 2.05) is 24.4 Å². The molecule has 20 heavy (non-hydrogen) atoms. The highest BCUT2D eigenvalue weighted by molar-refractivity contribution is 6.29. The molecule has 4 rings (SSSR count). The van der Waals surface area contributed by atoms with Crippen molar-refractivity contribution in [2.24, 2.45) is 0 Å². The molecule has 0 bridgehead atoms. The number of fused-ring (bicyclic) bond motifs is 1. The summed E-state index contributed by atoms with van der Waals surface area (Å²) in [5.74, 6) is 1.36. The topological polar surface area (TPSA) is 38.7 Å². The molecule has 1 aromatic carbocycles. The van der Waals surface area contributed by atoms with Crippen molar-refractivity contribution in [3.8, 4) is 11.3 Å². The van der Waals surface area contributed by atoms with Gasteiger partial charge in [-0.25, -0.2) is 9.97 Å². The molecule has 3 nitrogen and oxygen atoms in total. The molecule has 98 valence electrons. The lowest BCUT2D eigenvalue weighted by molar-refractivity contribution is 0.931. The van der Waals surface area contributed by atoms with E-state index in [1.54, 1.807) is 6.20 Å². The minimum absolute atomic E-state index is 0.487. The summed E-state index contributed by atoms with van der Waals surface area (Å²) in [5, 5.41) is 2.75. The number of aromatic nitrogens is 3. The highest BCUT2D eigenvalue weighted by Crippen LogP contribution is 2.39. The number of nitrogens with zero attached hydrogens (tertiary/aromatic N) is 3. The van der Waals surface area contributed by atoms with Crippen LogP contribution in [-0.2, 0) is 0 Å². The molecule has 0 atom stereocenters. The van der Waals surface area contributed by atoms with Crippen molar-refractivity contribution in [2.45, 2.75) is 18.8 Å². The minimum Gasteiger partial charge on any atom is -0.264 e. The van der Waals surface area contributed by atoms with E-state index in [-0.39, 0.29) is 0 Å². The van der Waals surface area contributed by atoms with Gasteiger partial charge in [0.15, 0.2) is 0 Å². The van der Waals surface area contributed by atoms with Crippen LogP contribution in [0, 0.1) is 0 Å². The van der Waals surface area contributed by atoms with Crippen molar-refractivity contribution in [3.05, 3.63) is 53.7 Å². The third-order valence-corrected chi connectivity index (χ3v) is 3.81. The van der Waals surface area contributed by atoms with Crippen LogP contribution < -0.4 is 0 Å². The van der Waals surface area contributed by atoms with Crippen molar-refractivity contribution in [1.82, 2.24) is 15.0 Å². The molecule has 4 heteroatoms. The quantitative estimate of drug-likeness (QED) is 0.660. The van der Waals surface area contributed by atoms with Gasteiger partial charge in [0.1, 0.15) is 11.0 Å². The third-order valence-electron chi connectivity index (χ3n) is 3.61. The van der Waals surface area contributed by atoms with Gasteiger partial charge in [-0.15, -0.1) is 0 Å². The fraction of sp³-hybridized carbons (Fsp3) is 0.188. The molecule has 0 aliphatic heterocycles. The largest absolute Gasteiger partial charge is 0.264 e. The van der Waals surface area contributed by atoms with E-state index >= 15 is 0 Å². The first-order valence-electron chi connectivity index (χ1n) is 6.69. The van der Waals surface area contributed by atoms with E-state index in [1.165, 1.54) is 0 Å². The summed E-state index contributed by atoms with van der Waals surface area (Å²) in [6, 6.07) is 9.99. The van der Waals surface area contributed by atoms with Gasteiger partial charge in [-0.2, -0.15) is 0 Å². The molecule has 0 spiro atoms. The van der Waals surface area contributed by atoms with Crippen molar-refractivity contribution < 1.29 is 0 Å². The van der Waals surface area contributed by atoms with Crippen LogP contribution in [0.5, 0.6) is 0 Å². The number of rotatable bonds is 2. The zero-order chi connectivity index (χ0) is 13.5. The zero-order valence-electron chi connectivity index (χ0n) is 10.8. The van der Waals surface area contributed by atoms with Gasteiger partial charge in [0.05, 0.1) is 5.69 Å². The molecule has 0 radical (unpaired) electrons. The lowest BCUT2D eigenvalue weighted by atomic mass is 10.0. The molecule has 1 fully saturated rings. The Labute approximate surface area is 121 Å². The van der Waals surface area contributed by atoms with Crippen LogP contribution in [-0.4, -0.2) is 15.0 Å². The first-order chi connectivity index (χ1) is 9.81. The summed E-state index contributed by atoms with van der Waals surface area (Å²) < 4.78 is 0. The number of halogens is 1. The Morgan fingerprint density at radius 1 is 1.10 bits per heavy atom. The lowest BCUT2D eigenvalue weighted by Crippen LogP contribution is -1.96. The van der Waals surface area contributed by atoms with E-state index in [2.05, 4.69) is 22.1 Å². The Kier molecular flexibility index (Phi) is 2.67. The number of hydrogen-bond acceptors (Lipinski definition) is 3. The Balaban J connectivity index is 1.94. The van der Waals surface area contributed by atoms with Gasteiger partial charge >= 0.3 is 0 Å². The summed E-state index contributed by atoms with van der Waals surface area (Å²) in [7, 11) is 0. The Bertz CT molecular complexity index is 791. The number of benzene rings is 1. The maximum Gasteiger partial charge on any atom is 0.133 e. The normalized spacial score (nSPS) is 14.7. The molecule has 3 aromatic rings. The second-order valence-electron chi connectivity index (χ2n) is 5.11. The van der Waals surface area contributed by atoms with E-state index in [4.69, 9.17) is 16.6 Å². The molecule has 2 heterocycles. The summed E-state index contributed by atoms with van der Waals surface area (Å²) >= 11 is 6.16. The average molecular weight is 282 g/mol. The highest BCUT2D eigenvalue weighted by atomic mass is 35.5. The second-order valence-corrected chi connectivity index (χ2v) is 5.50. The predicted molar refractivity (Wildman–Crippen MR) is 79.8 cm³/mol. The van der Waals surface area contributed by atoms with Gasteiger partial charge in [-0.3, -0.25) is 4.98 Å². The average Bonchev–Trinajstić information content (AvgIpc) is 3.30. The molecule has 1 aliphatic rings. The molecule has 0 saturated heterocycles. The van der Waals surface area contributed by atoms with Crippen LogP contribution in [0.3, 0.4) is 0 Å². The first kappa shape index (κ1) is 11.8. The highest BCUT2D eigenvalue weighted by Gasteiger charge is 2.27. The van der Waals surface area contributed by atoms with Gasteiger partial charge in [0.25, 0.3) is 0 Å². The Morgan fingerprint density at radius 3 is 2.85 bits per heavy atom. The lowest BCUT2D eigenvalue weighted by Gasteiger charge is -2.07. The molecule has 0 N–H and O–H groups in total. The van der Waals surface area contributed by atoms with Crippen LogP contribution in [0.4, 0.5) is 0 Å². The maximum absolute atomic E-state index is 6.16. The van der Waals surface area contributed by atoms with Crippen LogP contribution >= 0.6 is 11.6 Å². The molecule has 0 unspecified atom stereocenters.